The van der Waals surface area contributed by atoms with E-state index in [1.54, 1.807) is 24.3 Å². The second-order valence-electron chi connectivity index (χ2n) is 2.49. The first-order valence-corrected chi connectivity index (χ1v) is 4.47. The molecule has 0 unspecified atom stereocenters. The van der Waals surface area contributed by atoms with Gasteiger partial charge in [0.1, 0.15) is 0 Å². The Bertz CT molecular complexity index is 349. The van der Waals surface area contributed by atoms with Crippen molar-refractivity contribution in [2.24, 2.45) is 0 Å². The molecule has 13 heavy (non-hydrogen) atoms. The fourth-order valence-corrected chi connectivity index (χ4v) is 1.34. The molecule has 1 rings (SSSR count). The molecule has 0 heterocycles. The molecule has 4 heteroatoms. The van der Waals surface area contributed by atoms with Gasteiger partial charge in [0.05, 0.1) is 5.56 Å². The molecule has 1 N–H and O–H groups in total. The largest absolute Gasteiger partial charge is 0.293 e. The molecule has 0 fully saturated rings. The first-order valence-electron chi connectivity index (χ1n) is 3.67. The molecule has 0 spiro atoms. The van der Waals surface area contributed by atoms with Crippen LogP contribution in [0.25, 0.3) is 0 Å². The number of benzene rings is 1. The highest BCUT2D eigenvalue weighted by molar-refractivity contribution is 9.10. The van der Waals surface area contributed by atoms with E-state index in [0.29, 0.717) is 10.0 Å². The zero-order chi connectivity index (χ0) is 9.84. The standard InChI is InChI=1S/C9H8BrNO2/c1-6(12)11-9(13)7-4-2-3-5-8(7)10/h2-5H,1H3,(H,11,12,13). The second-order valence-corrected chi connectivity index (χ2v) is 3.34. The van der Waals surface area contributed by atoms with Gasteiger partial charge in [-0.05, 0) is 28.1 Å². The maximum Gasteiger partial charge on any atom is 0.258 e. The number of nitrogens with one attached hydrogen (secondary N) is 1. The Labute approximate surface area is 84.3 Å². The summed E-state index contributed by atoms with van der Waals surface area (Å²) >= 11 is 3.21. The van der Waals surface area contributed by atoms with E-state index in [9.17, 15) is 9.59 Å². The van der Waals surface area contributed by atoms with Gasteiger partial charge in [0.15, 0.2) is 0 Å². The number of carbonyl (C=O) groups is 2. The Morgan fingerprint density at radius 1 is 1.31 bits per heavy atom. The van der Waals surface area contributed by atoms with Crippen molar-refractivity contribution in [3.8, 4) is 0 Å². The van der Waals surface area contributed by atoms with Crippen LogP contribution in [0.2, 0.25) is 0 Å². The fourth-order valence-electron chi connectivity index (χ4n) is 0.873. The van der Waals surface area contributed by atoms with E-state index in [2.05, 4.69) is 21.2 Å². The molecule has 0 saturated carbocycles. The summed E-state index contributed by atoms with van der Waals surface area (Å²) in [7, 11) is 0. The summed E-state index contributed by atoms with van der Waals surface area (Å²) < 4.78 is 0.675. The van der Waals surface area contributed by atoms with Gasteiger partial charge in [-0.2, -0.15) is 0 Å². The predicted octanol–water partition coefficient (Wildman–Crippen LogP) is 1.73. The Kier molecular flexibility index (Phi) is 3.19. The lowest BCUT2D eigenvalue weighted by atomic mass is 10.2. The van der Waals surface area contributed by atoms with Crippen LogP contribution < -0.4 is 5.32 Å². The molecule has 2 amide bonds. The van der Waals surface area contributed by atoms with Crippen LogP contribution in [0, 0.1) is 0 Å². The maximum absolute atomic E-state index is 11.3. The Hall–Kier alpha value is -1.16. The molecule has 0 aromatic heterocycles. The summed E-state index contributed by atoms with van der Waals surface area (Å²) in [5.74, 6) is -0.749. The van der Waals surface area contributed by atoms with Crippen molar-refractivity contribution in [1.82, 2.24) is 5.32 Å². The minimum atomic E-state index is -0.389. The van der Waals surface area contributed by atoms with E-state index in [0.717, 1.165) is 0 Å². The van der Waals surface area contributed by atoms with Crippen molar-refractivity contribution in [3.63, 3.8) is 0 Å². The molecule has 0 atom stereocenters. The quantitative estimate of drug-likeness (QED) is 0.814. The van der Waals surface area contributed by atoms with Crippen LogP contribution >= 0.6 is 15.9 Å². The average Bonchev–Trinajstić information content (AvgIpc) is 2.03. The molecular weight excluding hydrogens is 234 g/mol. The van der Waals surface area contributed by atoms with Gasteiger partial charge in [-0.1, -0.05) is 12.1 Å². The molecule has 0 bridgehead atoms. The summed E-state index contributed by atoms with van der Waals surface area (Å²) in [6, 6.07) is 6.92. The third-order valence-corrected chi connectivity index (χ3v) is 2.10. The van der Waals surface area contributed by atoms with Crippen molar-refractivity contribution in [2.75, 3.05) is 0 Å². The molecule has 1 aromatic carbocycles. The number of amides is 2. The molecule has 0 aliphatic rings. The lowest BCUT2D eigenvalue weighted by Crippen LogP contribution is -2.28. The molecule has 1 aromatic rings. The van der Waals surface area contributed by atoms with Gasteiger partial charge in [-0.25, -0.2) is 0 Å². The van der Waals surface area contributed by atoms with Crippen LogP contribution in [0.5, 0.6) is 0 Å². The van der Waals surface area contributed by atoms with Crippen molar-refractivity contribution in [2.45, 2.75) is 6.92 Å². The number of hydrogen-bond acceptors (Lipinski definition) is 2. The molecule has 0 aliphatic heterocycles. The first kappa shape index (κ1) is 9.92. The van der Waals surface area contributed by atoms with Crippen LogP contribution in [0.1, 0.15) is 17.3 Å². The van der Waals surface area contributed by atoms with Gasteiger partial charge < -0.3 is 0 Å². The third kappa shape index (κ3) is 2.66. The van der Waals surface area contributed by atoms with Crippen molar-refractivity contribution >= 4 is 27.7 Å². The number of hydrogen-bond donors (Lipinski definition) is 1. The van der Waals surface area contributed by atoms with E-state index in [-0.39, 0.29) is 11.8 Å². The molecule has 68 valence electrons. The average molecular weight is 242 g/mol. The summed E-state index contributed by atoms with van der Waals surface area (Å²) in [6.07, 6.45) is 0. The Balaban J connectivity index is 2.89. The van der Waals surface area contributed by atoms with Gasteiger partial charge in [0.2, 0.25) is 5.91 Å². The van der Waals surface area contributed by atoms with Crippen LogP contribution in [-0.2, 0) is 4.79 Å². The topological polar surface area (TPSA) is 46.2 Å². The van der Waals surface area contributed by atoms with Gasteiger partial charge in [0, 0.05) is 11.4 Å². The lowest BCUT2D eigenvalue weighted by Gasteiger charge is -2.02. The smallest absolute Gasteiger partial charge is 0.258 e. The molecular formula is C9H8BrNO2. The van der Waals surface area contributed by atoms with Crippen LogP contribution in [0.15, 0.2) is 28.7 Å². The minimum absolute atomic E-state index is 0.360. The predicted molar refractivity (Wildman–Crippen MR) is 52.3 cm³/mol. The van der Waals surface area contributed by atoms with E-state index in [1.165, 1.54) is 6.92 Å². The fraction of sp³-hybridized carbons (Fsp3) is 0.111. The van der Waals surface area contributed by atoms with Gasteiger partial charge in [-0.3, -0.25) is 14.9 Å². The summed E-state index contributed by atoms with van der Waals surface area (Å²) in [4.78, 5) is 21.9. The normalized spacial score (nSPS) is 9.38. The van der Waals surface area contributed by atoms with E-state index >= 15 is 0 Å². The maximum atomic E-state index is 11.3. The number of carbonyl (C=O) groups excluding carboxylic acids is 2. The third-order valence-electron chi connectivity index (χ3n) is 1.41. The summed E-state index contributed by atoms with van der Waals surface area (Å²) in [6.45, 7) is 1.30. The summed E-state index contributed by atoms with van der Waals surface area (Å²) in [5, 5.41) is 2.19. The van der Waals surface area contributed by atoms with E-state index in [4.69, 9.17) is 0 Å². The van der Waals surface area contributed by atoms with Crippen LogP contribution in [0.4, 0.5) is 0 Å². The van der Waals surface area contributed by atoms with Gasteiger partial charge in [0.25, 0.3) is 5.91 Å². The number of halogens is 1. The van der Waals surface area contributed by atoms with Crippen molar-refractivity contribution < 1.29 is 9.59 Å². The van der Waals surface area contributed by atoms with Crippen molar-refractivity contribution in [3.05, 3.63) is 34.3 Å². The molecule has 0 radical (unpaired) electrons. The van der Waals surface area contributed by atoms with Gasteiger partial charge in [-0.15, -0.1) is 0 Å². The molecule has 0 aliphatic carbocycles. The number of rotatable bonds is 1. The Morgan fingerprint density at radius 2 is 1.92 bits per heavy atom. The zero-order valence-corrected chi connectivity index (χ0v) is 8.59. The SMILES string of the molecule is CC(=O)NC(=O)c1ccccc1Br. The summed E-state index contributed by atoms with van der Waals surface area (Å²) in [5.41, 5.74) is 0.456. The first-order chi connectivity index (χ1) is 6.11. The molecule has 3 nitrogen and oxygen atoms in total. The van der Waals surface area contributed by atoms with Crippen LogP contribution in [0.3, 0.4) is 0 Å². The van der Waals surface area contributed by atoms with Crippen molar-refractivity contribution in [1.29, 1.82) is 0 Å². The monoisotopic (exact) mass is 241 g/mol. The van der Waals surface area contributed by atoms with E-state index in [1.807, 2.05) is 0 Å². The minimum Gasteiger partial charge on any atom is -0.293 e. The van der Waals surface area contributed by atoms with Gasteiger partial charge >= 0.3 is 0 Å². The number of imide groups is 1. The Morgan fingerprint density at radius 3 is 2.46 bits per heavy atom. The lowest BCUT2D eigenvalue weighted by molar-refractivity contribution is -0.118. The molecule has 0 saturated heterocycles. The van der Waals surface area contributed by atoms with E-state index < -0.39 is 0 Å². The highest BCUT2D eigenvalue weighted by Crippen LogP contribution is 2.15. The second kappa shape index (κ2) is 4.18. The van der Waals surface area contributed by atoms with Crippen LogP contribution in [-0.4, -0.2) is 11.8 Å². The highest BCUT2D eigenvalue weighted by Gasteiger charge is 2.09. The highest BCUT2D eigenvalue weighted by atomic mass is 79.9. The zero-order valence-electron chi connectivity index (χ0n) is 7.00.